The summed E-state index contributed by atoms with van der Waals surface area (Å²) in [6.45, 7) is 6.90. The number of likely N-dealkylation sites (tertiary alicyclic amines) is 1. The molecule has 10 nitrogen and oxygen atoms in total. The van der Waals surface area contributed by atoms with Gasteiger partial charge in [0.1, 0.15) is 11.4 Å². The number of ether oxygens (including phenoxy) is 1. The molecule has 226 valence electrons. The summed E-state index contributed by atoms with van der Waals surface area (Å²) < 4.78 is 20.6. The lowest BCUT2D eigenvalue weighted by molar-refractivity contribution is 0.0142. The lowest BCUT2D eigenvalue weighted by Gasteiger charge is -2.39. The Bertz CT molecular complexity index is 1470. The van der Waals surface area contributed by atoms with E-state index >= 15 is 4.39 Å². The minimum atomic E-state index is -0.675. The van der Waals surface area contributed by atoms with Crippen LogP contribution in [0, 0.1) is 5.82 Å². The quantitative estimate of drug-likeness (QED) is 0.384. The predicted octanol–water partition coefficient (Wildman–Crippen LogP) is 4.95. The highest BCUT2D eigenvalue weighted by molar-refractivity contribution is 5.95. The van der Waals surface area contributed by atoms with Crippen LogP contribution in [0.4, 0.5) is 9.18 Å². The standard InChI is InChI=1S/C32H37FN6O4/c1-32(2,3)43-31(42)38-15-11-25(12-16-38)39(24-6-7-24)29(40)23-18-35-28(36-19-23)22-5-8-26(27(33)17-22)30(41)37(4)20-21-9-13-34-14-10-21/h5,8-10,13-14,17-19,24-25H,6-7,11-12,15-16,20H2,1-4H3. The van der Waals surface area contributed by atoms with Crippen molar-refractivity contribution < 1.29 is 23.5 Å². The second-order valence-corrected chi connectivity index (χ2v) is 12.1. The molecule has 3 amide bonds. The van der Waals surface area contributed by atoms with E-state index in [1.807, 2.05) is 25.7 Å². The van der Waals surface area contributed by atoms with Gasteiger partial charge < -0.3 is 19.4 Å². The Hall–Kier alpha value is -4.41. The average Bonchev–Trinajstić information content (AvgIpc) is 3.82. The molecule has 0 spiro atoms. The minimum absolute atomic E-state index is 0.00855. The first kappa shape index (κ1) is 30.1. The van der Waals surface area contributed by atoms with Gasteiger partial charge in [0.05, 0.1) is 11.1 Å². The van der Waals surface area contributed by atoms with Gasteiger partial charge in [-0.25, -0.2) is 19.2 Å². The molecule has 0 atom stereocenters. The summed E-state index contributed by atoms with van der Waals surface area (Å²) in [5, 5.41) is 0. The number of nitrogens with zero attached hydrogens (tertiary/aromatic N) is 6. The van der Waals surface area contributed by atoms with E-state index in [0.29, 0.717) is 43.6 Å². The average molecular weight is 589 g/mol. The van der Waals surface area contributed by atoms with Crippen molar-refractivity contribution in [2.75, 3.05) is 20.1 Å². The zero-order valence-electron chi connectivity index (χ0n) is 25.0. The van der Waals surface area contributed by atoms with E-state index in [-0.39, 0.29) is 35.5 Å². The molecule has 0 bridgehead atoms. The molecule has 43 heavy (non-hydrogen) atoms. The predicted molar refractivity (Wildman–Crippen MR) is 157 cm³/mol. The van der Waals surface area contributed by atoms with Crippen LogP contribution in [0.5, 0.6) is 0 Å². The van der Waals surface area contributed by atoms with Gasteiger partial charge in [-0.3, -0.25) is 14.6 Å². The molecule has 0 unspecified atom stereocenters. The number of aromatic nitrogens is 3. The third kappa shape index (κ3) is 7.33. The van der Waals surface area contributed by atoms with Crippen LogP contribution in [0.1, 0.15) is 72.7 Å². The van der Waals surface area contributed by atoms with Crippen LogP contribution in [-0.4, -0.2) is 85.4 Å². The van der Waals surface area contributed by atoms with E-state index < -0.39 is 17.3 Å². The zero-order valence-corrected chi connectivity index (χ0v) is 25.0. The maximum Gasteiger partial charge on any atom is 0.410 e. The van der Waals surface area contributed by atoms with E-state index in [0.717, 1.165) is 18.4 Å². The van der Waals surface area contributed by atoms with E-state index in [2.05, 4.69) is 15.0 Å². The number of amides is 3. The van der Waals surface area contributed by atoms with Gasteiger partial charge in [-0.05, 0) is 76.3 Å². The number of hydrogen-bond donors (Lipinski definition) is 0. The molecule has 1 aliphatic carbocycles. The molecule has 1 aliphatic heterocycles. The SMILES string of the molecule is CN(Cc1ccncc1)C(=O)c1ccc(-c2ncc(C(=O)N(C3CC3)C3CCN(C(=O)OC(C)(C)C)CC3)cn2)cc1F. The van der Waals surface area contributed by atoms with Gasteiger partial charge in [-0.1, -0.05) is 6.07 Å². The molecule has 2 aliphatic rings. The van der Waals surface area contributed by atoms with Gasteiger partial charge in [0.15, 0.2) is 5.82 Å². The molecule has 1 saturated heterocycles. The molecule has 5 rings (SSSR count). The van der Waals surface area contributed by atoms with E-state index in [1.165, 1.54) is 29.4 Å². The number of pyridine rings is 1. The Morgan fingerprint density at radius 1 is 0.953 bits per heavy atom. The molecule has 2 fully saturated rings. The van der Waals surface area contributed by atoms with E-state index in [1.54, 1.807) is 42.5 Å². The summed E-state index contributed by atoms with van der Waals surface area (Å²) in [7, 11) is 1.62. The number of piperidine rings is 1. The fourth-order valence-corrected chi connectivity index (χ4v) is 5.24. The number of halogens is 1. The van der Waals surface area contributed by atoms with E-state index in [9.17, 15) is 14.4 Å². The molecular weight excluding hydrogens is 551 g/mol. The Morgan fingerprint density at radius 3 is 2.16 bits per heavy atom. The van der Waals surface area contributed by atoms with Crippen molar-refractivity contribution in [2.45, 2.75) is 70.7 Å². The Morgan fingerprint density at radius 2 is 1.58 bits per heavy atom. The van der Waals surface area contributed by atoms with Gasteiger partial charge in [-0.2, -0.15) is 0 Å². The van der Waals surface area contributed by atoms with Crippen LogP contribution < -0.4 is 0 Å². The molecule has 2 aromatic heterocycles. The second kappa shape index (κ2) is 12.4. The molecule has 1 saturated carbocycles. The molecule has 3 heterocycles. The first-order chi connectivity index (χ1) is 20.5. The van der Waals surface area contributed by atoms with Gasteiger partial charge in [0.25, 0.3) is 11.8 Å². The minimum Gasteiger partial charge on any atom is -0.444 e. The normalized spacial score (nSPS) is 15.6. The Balaban J connectivity index is 1.23. The number of rotatable bonds is 7. The smallest absolute Gasteiger partial charge is 0.410 e. The lowest BCUT2D eigenvalue weighted by Crippen LogP contribution is -2.50. The molecular formula is C32H37FN6O4. The fraction of sp³-hybridized carbons (Fsp3) is 0.438. The maximum absolute atomic E-state index is 15.1. The van der Waals surface area contributed by atoms with Crippen molar-refractivity contribution in [2.24, 2.45) is 0 Å². The van der Waals surface area contributed by atoms with Crippen molar-refractivity contribution in [3.05, 3.63) is 77.6 Å². The first-order valence-electron chi connectivity index (χ1n) is 14.6. The number of carbonyl (C=O) groups is 3. The molecule has 3 aromatic rings. The number of hydrogen-bond acceptors (Lipinski definition) is 7. The molecule has 1 aromatic carbocycles. The van der Waals surface area contributed by atoms with Gasteiger partial charge >= 0.3 is 6.09 Å². The summed E-state index contributed by atoms with van der Waals surface area (Å²) in [5.74, 6) is -1.01. The highest BCUT2D eigenvalue weighted by Gasteiger charge is 2.40. The van der Waals surface area contributed by atoms with Crippen LogP contribution in [0.3, 0.4) is 0 Å². The topological polar surface area (TPSA) is 109 Å². The van der Waals surface area contributed by atoms with Crippen molar-refractivity contribution in [3.63, 3.8) is 0 Å². The number of carbonyl (C=O) groups excluding carboxylic acids is 3. The second-order valence-electron chi connectivity index (χ2n) is 12.1. The Labute approximate surface area is 250 Å². The van der Waals surface area contributed by atoms with Crippen molar-refractivity contribution in [3.8, 4) is 11.4 Å². The largest absolute Gasteiger partial charge is 0.444 e. The van der Waals surface area contributed by atoms with E-state index in [4.69, 9.17) is 4.74 Å². The van der Waals surface area contributed by atoms with Gasteiger partial charge in [-0.15, -0.1) is 0 Å². The van der Waals surface area contributed by atoms with Crippen LogP contribution in [-0.2, 0) is 11.3 Å². The molecule has 0 radical (unpaired) electrons. The maximum atomic E-state index is 15.1. The highest BCUT2D eigenvalue weighted by atomic mass is 19.1. The number of benzene rings is 1. The summed E-state index contributed by atoms with van der Waals surface area (Å²) in [4.78, 5) is 56.7. The van der Waals surface area contributed by atoms with Crippen LogP contribution in [0.25, 0.3) is 11.4 Å². The highest BCUT2D eigenvalue weighted by Crippen LogP contribution is 2.33. The monoisotopic (exact) mass is 588 g/mol. The van der Waals surface area contributed by atoms with Crippen molar-refractivity contribution >= 4 is 17.9 Å². The summed E-state index contributed by atoms with van der Waals surface area (Å²) in [6.07, 6.45) is 9.12. The third-order valence-electron chi connectivity index (χ3n) is 7.56. The van der Waals surface area contributed by atoms with Gasteiger partial charge in [0, 0.05) is 69.1 Å². The van der Waals surface area contributed by atoms with Crippen LogP contribution in [0.2, 0.25) is 0 Å². The lowest BCUT2D eigenvalue weighted by atomic mass is 10.0. The summed E-state index contributed by atoms with van der Waals surface area (Å²) >= 11 is 0. The first-order valence-corrected chi connectivity index (χ1v) is 14.6. The van der Waals surface area contributed by atoms with Crippen LogP contribution >= 0.6 is 0 Å². The van der Waals surface area contributed by atoms with Crippen molar-refractivity contribution in [1.82, 2.24) is 29.7 Å². The van der Waals surface area contributed by atoms with Crippen LogP contribution in [0.15, 0.2) is 55.1 Å². The summed E-state index contributed by atoms with van der Waals surface area (Å²) in [6, 6.07) is 8.04. The zero-order chi connectivity index (χ0) is 30.7. The van der Waals surface area contributed by atoms with Gasteiger partial charge in [0.2, 0.25) is 0 Å². The molecule has 0 N–H and O–H groups in total. The van der Waals surface area contributed by atoms with Crippen molar-refractivity contribution in [1.29, 1.82) is 0 Å². The molecule has 11 heteroatoms. The Kier molecular flexibility index (Phi) is 8.70. The third-order valence-corrected chi connectivity index (χ3v) is 7.56. The fourth-order valence-electron chi connectivity index (χ4n) is 5.24. The summed E-state index contributed by atoms with van der Waals surface area (Å²) in [5.41, 5.74) is 1.04.